The Hall–Kier alpha value is -2.38. The van der Waals surface area contributed by atoms with Gasteiger partial charge in [0.15, 0.2) is 5.65 Å². The third-order valence-electron chi connectivity index (χ3n) is 4.45. The molecule has 1 saturated heterocycles. The number of aromatic carboxylic acids is 1. The van der Waals surface area contributed by atoms with Gasteiger partial charge in [-0.3, -0.25) is 0 Å². The molecule has 1 aromatic carbocycles. The fraction of sp³-hybridized carbons (Fsp3) is 0.278. The van der Waals surface area contributed by atoms with Crippen molar-refractivity contribution in [2.75, 3.05) is 5.75 Å². The van der Waals surface area contributed by atoms with E-state index in [1.165, 1.54) is 0 Å². The van der Waals surface area contributed by atoms with E-state index in [0.717, 1.165) is 35.2 Å². The van der Waals surface area contributed by atoms with E-state index in [2.05, 4.69) is 10.1 Å². The highest BCUT2D eigenvalue weighted by Gasteiger charge is 2.25. The maximum absolute atomic E-state index is 11.0. The van der Waals surface area contributed by atoms with Crippen molar-refractivity contribution in [2.45, 2.75) is 24.2 Å². The molecule has 1 aliphatic heterocycles. The Morgan fingerprint density at radius 3 is 2.76 bits per heavy atom. The first-order valence-corrected chi connectivity index (χ1v) is 9.15. The number of fused-ring (bicyclic) bond motifs is 1. The van der Waals surface area contributed by atoms with Crippen LogP contribution in [0.1, 0.15) is 34.9 Å². The van der Waals surface area contributed by atoms with Gasteiger partial charge in [0.05, 0.1) is 23.6 Å². The van der Waals surface area contributed by atoms with Gasteiger partial charge >= 0.3 is 5.97 Å². The Morgan fingerprint density at radius 2 is 2.08 bits per heavy atom. The average molecular weight is 355 g/mol. The van der Waals surface area contributed by atoms with Gasteiger partial charge in [0.25, 0.3) is 0 Å². The van der Waals surface area contributed by atoms with E-state index in [1.807, 2.05) is 17.8 Å². The van der Waals surface area contributed by atoms with Crippen LogP contribution in [0.25, 0.3) is 16.7 Å². The standard InChI is InChI=1S/C18H17N3O3S/c22-16(15-2-1-7-25-15)12-8-13-10-20-21(17(13)19-9-12)14-5-3-11(4-6-14)18(23)24/h3-6,8-10,15-16,22H,1-2,7H2,(H,23,24)/t15-,16-/m1/s1. The second-order valence-corrected chi connectivity index (χ2v) is 7.43. The molecule has 0 saturated carbocycles. The van der Waals surface area contributed by atoms with E-state index in [-0.39, 0.29) is 10.8 Å². The Kier molecular flexibility index (Phi) is 4.19. The highest BCUT2D eigenvalue weighted by atomic mass is 32.2. The van der Waals surface area contributed by atoms with Gasteiger partial charge in [0, 0.05) is 22.4 Å². The summed E-state index contributed by atoms with van der Waals surface area (Å²) in [6, 6.07) is 8.42. The maximum atomic E-state index is 11.0. The second-order valence-electron chi connectivity index (χ2n) is 6.09. The third kappa shape index (κ3) is 3.01. The number of rotatable bonds is 4. The minimum absolute atomic E-state index is 0.229. The first-order chi connectivity index (χ1) is 12.1. The van der Waals surface area contributed by atoms with Crippen molar-refractivity contribution >= 4 is 28.8 Å². The van der Waals surface area contributed by atoms with Crippen LogP contribution >= 0.6 is 11.8 Å². The second kappa shape index (κ2) is 6.50. The fourth-order valence-electron chi connectivity index (χ4n) is 3.10. The Labute approximate surface area is 148 Å². The van der Waals surface area contributed by atoms with Crippen LogP contribution < -0.4 is 0 Å². The lowest BCUT2D eigenvalue weighted by molar-refractivity contribution is 0.0697. The zero-order chi connectivity index (χ0) is 17.4. The molecule has 3 aromatic rings. The fourth-order valence-corrected chi connectivity index (χ4v) is 4.41. The van der Waals surface area contributed by atoms with Crippen molar-refractivity contribution < 1.29 is 15.0 Å². The Bertz CT molecular complexity index is 917. The summed E-state index contributed by atoms with van der Waals surface area (Å²) in [6.07, 6.45) is 5.08. The zero-order valence-electron chi connectivity index (χ0n) is 13.4. The largest absolute Gasteiger partial charge is 0.478 e. The molecule has 6 nitrogen and oxygen atoms in total. The van der Waals surface area contributed by atoms with E-state index in [4.69, 9.17) is 5.11 Å². The number of benzene rings is 1. The van der Waals surface area contributed by atoms with Crippen molar-refractivity contribution in [3.05, 3.63) is 53.9 Å². The molecule has 0 aliphatic carbocycles. The minimum atomic E-state index is -0.960. The van der Waals surface area contributed by atoms with Gasteiger partial charge in [-0.1, -0.05) is 0 Å². The van der Waals surface area contributed by atoms with Gasteiger partial charge in [-0.2, -0.15) is 16.9 Å². The number of hydrogen-bond donors (Lipinski definition) is 2. The summed E-state index contributed by atoms with van der Waals surface area (Å²) in [7, 11) is 0. The number of carboxylic acids is 1. The van der Waals surface area contributed by atoms with Crippen LogP contribution in [0.3, 0.4) is 0 Å². The summed E-state index contributed by atoms with van der Waals surface area (Å²) in [6.45, 7) is 0. The number of thioether (sulfide) groups is 1. The minimum Gasteiger partial charge on any atom is -0.478 e. The number of pyridine rings is 1. The molecule has 7 heteroatoms. The van der Waals surface area contributed by atoms with Crippen molar-refractivity contribution in [2.24, 2.45) is 0 Å². The molecule has 2 atom stereocenters. The lowest BCUT2D eigenvalue weighted by Gasteiger charge is -2.17. The normalized spacial score (nSPS) is 18.5. The number of carbonyl (C=O) groups is 1. The topological polar surface area (TPSA) is 88.2 Å². The predicted octanol–water partition coefficient (Wildman–Crippen LogP) is 3.05. The highest BCUT2D eigenvalue weighted by Crippen LogP contribution is 2.36. The molecule has 2 aromatic heterocycles. The van der Waals surface area contributed by atoms with Gasteiger partial charge in [-0.15, -0.1) is 0 Å². The molecular weight excluding hydrogens is 338 g/mol. The number of nitrogens with zero attached hydrogens (tertiary/aromatic N) is 3. The van der Waals surface area contributed by atoms with Crippen molar-refractivity contribution in [1.29, 1.82) is 0 Å². The van der Waals surface area contributed by atoms with Crippen LogP contribution in [0, 0.1) is 0 Å². The van der Waals surface area contributed by atoms with Gasteiger partial charge in [-0.25, -0.2) is 14.5 Å². The molecule has 128 valence electrons. The van der Waals surface area contributed by atoms with Crippen LogP contribution in [0.5, 0.6) is 0 Å². The summed E-state index contributed by atoms with van der Waals surface area (Å²) in [4.78, 5) is 15.4. The molecule has 1 aliphatic rings. The molecule has 0 spiro atoms. The van der Waals surface area contributed by atoms with Crippen molar-refractivity contribution in [1.82, 2.24) is 14.8 Å². The maximum Gasteiger partial charge on any atom is 0.335 e. The molecule has 0 radical (unpaired) electrons. The van der Waals surface area contributed by atoms with Crippen molar-refractivity contribution in [3.63, 3.8) is 0 Å². The number of carboxylic acid groups (broad SMARTS) is 1. The van der Waals surface area contributed by atoms with Gasteiger partial charge in [0.1, 0.15) is 0 Å². The summed E-state index contributed by atoms with van der Waals surface area (Å²) in [5.74, 6) is 0.139. The van der Waals surface area contributed by atoms with Gasteiger partial charge < -0.3 is 10.2 Å². The van der Waals surface area contributed by atoms with E-state index in [1.54, 1.807) is 41.3 Å². The van der Waals surface area contributed by atoms with Crippen LogP contribution in [0.15, 0.2) is 42.7 Å². The lowest BCUT2D eigenvalue weighted by Crippen LogP contribution is -2.12. The highest BCUT2D eigenvalue weighted by molar-refractivity contribution is 8.00. The summed E-state index contributed by atoms with van der Waals surface area (Å²) in [5, 5.41) is 25.0. The molecule has 4 rings (SSSR count). The lowest BCUT2D eigenvalue weighted by atomic mass is 10.0. The van der Waals surface area contributed by atoms with Crippen LogP contribution in [0.4, 0.5) is 0 Å². The van der Waals surface area contributed by atoms with Gasteiger partial charge in [-0.05, 0) is 48.9 Å². The molecular formula is C18H17N3O3S. The predicted molar refractivity (Wildman–Crippen MR) is 96.3 cm³/mol. The van der Waals surface area contributed by atoms with Crippen molar-refractivity contribution in [3.8, 4) is 5.69 Å². The summed E-state index contributed by atoms with van der Waals surface area (Å²) < 4.78 is 1.67. The van der Waals surface area contributed by atoms with E-state index < -0.39 is 12.1 Å². The van der Waals surface area contributed by atoms with Gasteiger partial charge in [0.2, 0.25) is 0 Å². The molecule has 0 amide bonds. The molecule has 2 N–H and O–H groups in total. The monoisotopic (exact) mass is 355 g/mol. The third-order valence-corrected chi connectivity index (χ3v) is 5.89. The van der Waals surface area contributed by atoms with E-state index >= 15 is 0 Å². The number of aliphatic hydroxyl groups is 1. The summed E-state index contributed by atoms with van der Waals surface area (Å²) in [5.41, 5.74) is 2.46. The Balaban J connectivity index is 1.66. The molecule has 0 unspecified atom stereocenters. The number of hydrogen-bond acceptors (Lipinski definition) is 5. The molecule has 25 heavy (non-hydrogen) atoms. The zero-order valence-corrected chi connectivity index (χ0v) is 14.2. The first kappa shape index (κ1) is 16.1. The molecule has 3 heterocycles. The molecule has 0 bridgehead atoms. The van der Waals surface area contributed by atoms with E-state index in [0.29, 0.717) is 5.65 Å². The number of aliphatic hydroxyl groups excluding tert-OH is 1. The van der Waals surface area contributed by atoms with Crippen LogP contribution in [-0.2, 0) is 0 Å². The van der Waals surface area contributed by atoms with Crippen LogP contribution in [0.2, 0.25) is 0 Å². The SMILES string of the molecule is O=C(O)c1ccc(-n2ncc3cc([C@@H](O)[C@H]4CCCS4)cnc32)cc1. The summed E-state index contributed by atoms with van der Waals surface area (Å²) >= 11 is 1.81. The average Bonchev–Trinajstić information content (AvgIpc) is 3.30. The Morgan fingerprint density at radius 1 is 1.28 bits per heavy atom. The van der Waals surface area contributed by atoms with E-state index in [9.17, 15) is 9.90 Å². The smallest absolute Gasteiger partial charge is 0.335 e. The quantitative estimate of drug-likeness (QED) is 0.748. The molecule has 1 fully saturated rings. The van der Waals surface area contributed by atoms with Crippen LogP contribution in [-0.4, -0.2) is 41.9 Å². The number of aromatic nitrogens is 3. The first-order valence-electron chi connectivity index (χ1n) is 8.10.